The molecule has 2 N–H and O–H groups in total. The number of anilines is 1. The minimum Gasteiger partial charge on any atom is -0.478 e. The maximum absolute atomic E-state index is 15.0. The Balaban J connectivity index is 1.78. The number of hydrogen-bond donors (Lipinski definition) is 2. The Bertz CT molecular complexity index is 1280. The van der Waals surface area contributed by atoms with Crippen LogP contribution in [0, 0.1) is 5.82 Å². The van der Waals surface area contributed by atoms with Crippen molar-refractivity contribution in [2.24, 2.45) is 0 Å². The molecule has 1 aliphatic carbocycles. The number of thiazole rings is 1. The van der Waals surface area contributed by atoms with Crippen molar-refractivity contribution in [2.45, 2.75) is 12.8 Å². The van der Waals surface area contributed by atoms with Gasteiger partial charge in [-0.05, 0) is 43.2 Å². The fourth-order valence-corrected chi connectivity index (χ4v) is 4.72. The fourth-order valence-electron chi connectivity index (χ4n) is 3.70. The quantitative estimate of drug-likeness (QED) is 0.517. The van der Waals surface area contributed by atoms with Gasteiger partial charge in [-0.1, -0.05) is 11.3 Å². The largest absolute Gasteiger partial charge is 0.478 e. The maximum atomic E-state index is 15.0. The van der Waals surface area contributed by atoms with Crippen LogP contribution in [-0.4, -0.2) is 37.9 Å². The molecule has 0 radical (unpaired) electrons. The lowest BCUT2D eigenvalue weighted by Crippen LogP contribution is -2.08. The smallest absolute Gasteiger partial charge is 0.335 e. The predicted octanol–water partition coefficient (Wildman–Crippen LogP) is 4.04. The first-order valence-corrected chi connectivity index (χ1v) is 10.1. The third-order valence-electron chi connectivity index (χ3n) is 5.08. The molecule has 4 aromatic rings. The molecule has 0 saturated heterocycles. The standard InChI is InChI=1S/C21H16FN5O2S/c1-23-21-25-15-6-5-13-17(12-3-2-8-24-10-12)26-27(18(13)19(15)30-21)16-7-4-11(20(28)29)9-14(16)22/h2-4,7-10H,5-6H2,1H3,(H,23,25)(H,28,29). The molecule has 0 bridgehead atoms. The number of rotatable bonds is 4. The van der Waals surface area contributed by atoms with Gasteiger partial charge in [0.15, 0.2) is 5.13 Å². The van der Waals surface area contributed by atoms with Gasteiger partial charge in [-0.25, -0.2) is 18.9 Å². The van der Waals surface area contributed by atoms with Crippen molar-refractivity contribution in [1.82, 2.24) is 19.7 Å². The summed E-state index contributed by atoms with van der Waals surface area (Å²) in [4.78, 5) is 21.0. The number of aromatic carboxylic acids is 1. The van der Waals surface area contributed by atoms with Crippen molar-refractivity contribution in [3.05, 3.63) is 65.4 Å². The van der Waals surface area contributed by atoms with Crippen LogP contribution >= 0.6 is 11.3 Å². The van der Waals surface area contributed by atoms with E-state index < -0.39 is 11.8 Å². The first kappa shape index (κ1) is 18.4. The predicted molar refractivity (Wildman–Crippen MR) is 112 cm³/mol. The van der Waals surface area contributed by atoms with Crippen LogP contribution in [0.1, 0.15) is 21.6 Å². The summed E-state index contributed by atoms with van der Waals surface area (Å²) in [5, 5.41) is 17.8. The highest BCUT2D eigenvalue weighted by Gasteiger charge is 2.30. The number of aromatic nitrogens is 4. The molecule has 5 rings (SSSR count). The van der Waals surface area contributed by atoms with Crippen LogP contribution in [0.2, 0.25) is 0 Å². The summed E-state index contributed by atoms with van der Waals surface area (Å²) in [6, 6.07) is 7.61. The summed E-state index contributed by atoms with van der Waals surface area (Å²) in [6.07, 6.45) is 4.91. The summed E-state index contributed by atoms with van der Waals surface area (Å²) in [6.45, 7) is 0. The van der Waals surface area contributed by atoms with Crippen LogP contribution in [0.3, 0.4) is 0 Å². The zero-order valence-electron chi connectivity index (χ0n) is 15.9. The lowest BCUT2D eigenvalue weighted by Gasteiger charge is -2.14. The number of hydrogen-bond acceptors (Lipinski definition) is 6. The monoisotopic (exact) mass is 421 g/mol. The Morgan fingerprint density at radius 3 is 2.87 bits per heavy atom. The van der Waals surface area contributed by atoms with Gasteiger partial charge in [0, 0.05) is 30.6 Å². The highest BCUT2D eigenvalue weighted by molar-refractivity contribution is 7.19. The summed E-state index contributed by atoms with van der Waals surface area (Å²) < 4.78 is 16.5. The van der Waals surface area contributed by atoms with E-state index >= 15 is 0 Å². The van der Waals surface area contributed by atoms with Gasteiger partial charge in [-0.15, -0.1) is 0 Å². The van der Waals surface area contributed by atoms with Gasteiger partial charge in [0.05, 0.1) is 27.5 Å². The van der Waals surface area contributed by atoms with E-state index in [1.165, 1.54) is 23.5 Å². The van der Waals surface area contributed by atoms with Gasteiger partial charge in [0.25, 0.3) is 0 Å². The van der Waals surface area contributed by atoms with E-state index in [1.807, 2.05) is 19.2 Å². The molecular formula is C21H16FN5O2S. The molecule has 0 saturated carbocycles. The molecule has 0 spiro atoms. The summed E-state index contributed by atoms with van der Waals surface area (Å²) in [7, 11) is 1.81. The summed E-state index contributed by atoms with van der Waals surface area (Å²) in [5.74, 6) is -1.83. The van der Waals surface area contributed by atoms with Crippen molar-refractivity contribution < 1.29 is 14.3 Å². The Morgan fingerprint density at radius 2 is 2.17 bits per heavy atom. The first-order chi connectivity index (χ1) is 14.6. The average Bonchev–Trinajstić information content (AvgIpc) is 3.35. The molecule has 1 aliphatic rings. The van der Waals surface area contributed by atoms with E-state index in [9.17, 15) is 9.18 Å². The second-order valence-electron chi connectivity index (χ2n) is 6.85. The molecule has 0 fully saturated rings. The van der Waals surface area contributed by atoms with Gasteiger partial charge >= 0.3 is 5.97 Å². The third-order valence-corrected chi connectivity index (χ3v) is 6.20. The molecular weight excluding hydrogens is 405 g/mol. The van der Waals surface area contributed by atoms with Crippen molar-refractivity contribution >= 4 is 22.4 Å². The molecule has 150 valence electrons. The number of nitrogens with zero attached hydrogens (tertiary/aromatic N) is 4. The van der Waals surface area contributed by atoms with Gasteiger partial charge in [-0.2, -0.15) is 5.10 Å². The summed E-state index contributed by atoms with van der Waals surface area (Å²) in [5.41, 5.74) is 4.40. The first-order valence-electron chi connectivity index (χ1n) is 9.30. The van der Waals surface area contributed by atoms with Crippen molar-refractivity contribution in [3.8, 4) is 27.5 Å². The Labute approximate surface area is 174 Å². The SMILES string of the molecule is CNc1nc2c(s1)-c1c(c(-c3cccnc3)nn1-c1ccc(C(=O)O)cc1F)CC2. The van der Waals surface area contributed by atoms with E-state index in [2.05, 4.69) is 15.3 Å². The molecule has 7 nitrogen and oxygen atoms in total. The normalized spacial score (nSPS) is 12.3. The topological polar surface area (TPSA) is 92.9 Å². The maximum Gasteiger partial charge on any atom is 0.335 e. The van der Waals surface area contributed by atoms with E-state index in [0.29, 0.717) is 6.42 Å². The van der Waals surface area contributed by atoms with Crippen molar-refractivity contribution in [2.75, 3.05) is 12.4 Å². The minimum absolute atomic E-state index is 0.110. The summed E-state index contributed by atoms with van der Waals surface area (Å²) >= 11 is 1.49. The molecule has 9 heteroatoms. The van der Waals surface area contributed by atoms with E-state index in [1.54, 1.807) is 17.1 Å². The van der Waals surface area contributed by atoms with Gasteiger partial charge in [0.2, 0.25) is 0 Å². The fraction of sp³-hybridized carbons (Fsp3) is 0.143. The lowest BCUT2D eigenvalue weighted by molar-refractivity contribution is 0.0696. The molecule has 0 amide bonds. The highest BCUT2D eigenvalue weighted by Crippen LogP contribution is 2.44. The molecule has 0 unspecified atom stereocenters. The number of fused-ring (bicyclic) bond motifs is 3. The molecule has 3 aromatic heterocycles. The molecule has 1 aromatic carbocycles. The third kappa shape index (κ3) is 2.86. The van der Waals surface area contributed by atoms with Crippen LogP contribution in [0.25, 0.3) is 27.5 Å². The second kappa shape index (κ2) is 7.03. The van der Waals surface area contributed by atoms with E-state index in [4.69, 9.17) is 10.2 Å². The van der Waals surface area contributed by atoms with Gasteiger partial charge in [-0.3, -0.25) is 4.98 Å². The van der Waals surface area contributed by atoms with E-state index in [0.717, 1.165) is 50.7 Å². The van der Waals surface area contributed by atoms with Gasteiger partial charge in [0.1, 0.15) is 11.5 Å². The lowest BCUT2D eigenvalue weighted by atomic mass is 9.95. The zero-order valence-corrected chi connectivity index (χ0v) is 16.7. The van der Waals surface area contributed by atoms with Crippen LogP contribution in [-0.2, 0) is 12.8 Å². The minimum atomic E-state index is -1.18. The molecule has 3 heterocycles. The number of carboxylic acid groups (broad SMARTS) is 1. The zero-order chi connectivity index (χ0) is 20.8. The number of benzene rings is 1. The highest BCUT2D eigenvalue weighted by atomic mass is 32.1. The number of halogens is 1. The van der Waals surface area contributed by atoms with Crippen LogP contribution in [0.4, 0.5) is 9.52 Å². The van der Waals surface area contributed by atoms with E-state index in [-0.39, 0.29) is 11.3 Å². The Kier molecular flexibility index (Phi) is 4.32. The number of pyridine rings is 1. The van der Waals surface area contributed by atoms with Crippen LogP contribution < -0.4 is 5.32 Å². The average molecular weight is 421 g/mol. The van der Waals surface area contributed by atoms with Crippen LogP contribution in [0.15, 0.2) is 42.7 Å². The van der Waals surface area contributed by atoms with Crippen molar-refractivity contribution in [1.29, 1.82) is 0 Å². The molecule has 0 aliphatic heterocycles. The Morgan fingerprint density at radius 1 is 1.30 bits per heavy atom. The second-order valence-corrected chi connectivity index (χ2v) is 7.84. The number of aryl methyl sites for hydroxylation is 1. The van der Waals surface area contributed by atoms with Crippen LogP contribution in [0.5, 0.6) is 0 Å². The molecule has 0 atom stereocenters. The van der Waals surface area contributed by atoms with Gasteiger partial charge < -0.3 is 10.4 Å². The number of nitrogens with one attached hydrogen (secondary N) is 1. The Hall–Kier alpha value is -3.59. The number of carbonyl (C=O) groups is 1. The number of carboxylic acids is 1. The molecule has 30 heavy (non-hydrogen) atoms. The van der Waals surface area contributed by atoms with Crippen molar-refractivity contribution in [3.63, 3.8) is 0 Å².